The second kappa shape index (κ2) is 11.3. The van der Waals surface area contributed by atoms with E-state index in [9.17, 15) is 0 Å². The van der Waals surface area contributed by atoms with E-state index in [1.165, 1.54) is 0 Å². The Kier molecular flexibility index (Phi) is 11.1. The lowest BCUT2D eigenvalue weighted by molar-refractivity contribution is 0.0655. The van der Waals surface area contributed by atoms with Crippen molar-refractivity contribution in [2.75, 3.05) is 60.8 Å². The van der Waals surface area contributed by atoms with Gasteiger partial charge < -0.3 is 24.8 Å². The summed E-state index contributed by atoms with van der Waals surface area (Å²) >= 11 is 0. The normalized spacial score (nSPS) is 13.3. The van der Waals surface area contributed by atoms with Crippen LogP contribution in [-0.4, -0.2) is 71.7 Å². The van der Waals surface area contributed by atoms with Crippen LogP contribution in [-0.2, 0) is 14.2 Å². The number of hydrogen-bond donors (Lipinski definition) is 1. The molecule has 2 N–H and O–H groups in total. The summed E-state index contributed by atoms with van der Waals surface area (Å²) in [5.74, 6) is 0. The van der Waals surface area contributed by atoms with Gasteiger partial charge in [0, 0.05) is 40.0 Å². The Morgan fingerprint density at radius 2 is 1.88 bits per heavy atom. The van der Waals surface area contributed by atoms with Gasteiger partial charge in [-0.3, -0.25) is 0 Å². The molecule has 0 aromatic heterocycles. The molecule has 0 heterocycles. The highest BCUT2D eigenvalue weighted by atomic mass is 16.5. The van der Waals surface area contributed by atoms with Crippen LogP contribution in [0.4, 0.5) is 0 Å². The molecule has 0 aromatic rings. The monoisotopic (exact) mass is 234 g/mol. The van der Waals surface area contributed by atoms with Crippen molar-refractivity contribution in [3.8, 4) is 0 Å². The fraction of sp³-hybridized carbons (Fsp3) is 1.00. The molecule has 0 saturated carbocycles. The van der Waals surface area contributed by atoms with Crippen molar-refractivity contribution in [3.63, 3.8) is 0 Å². The predicted octanol–water partition coefficient (Wildman–Crippen LogP) is -0.0550. The van der Waals surface area contributed by atoms with Gasteiger partial charge in [0.2, 0.25) is 0 Å². The molecule has 1 unspecified atom stereocenters. The summed E-state index contributed by atoms with van der Waals surface area (Å²) in [4.78, 5) is 2.20. The van der Waals surface area contributed by atoms with Crippen LogP contribution in [0.5, 0.6) is 0 Å². The van der Waals surface area contributed by atoms with Crippen LogP contribution in [0.3, 0.4) is 0 Å². The quantitative estimate of drug-likeness (QED) is 0.508. The van der Waals surface area contributed by atoms with E-state index in [1.54, 1.807) is 14.2 Å². The van der Waals surface area contributed by atoms with Crippen LogP contribution >= 0.6 is 0 Å². The van der Waals surface area contributed by atoms with E-state index in [4.69, 9.17) is 19.9 Å². The first-order valence-electron chi connectivity index (χ1n) is 5.70. The van der Waals surface area contributed by atoms with Gasteiger partial charge in [-0.1, -0.05) is 0 Å². The van der Waals surface area contributed by atoms with Crippen LogP contribution < -0.4 is 5.73 Å². The molecule has 98 valence electrons. The molecule has 5 heteroatoms. The molecule has 0 aliphatic heterocycles. The molecule has 0 amide bonds. The van der Waals surface area contributed by atoms with Crippen LogP contribution in [0.15, 0.2) is 0 Å². The average molecular weight is 234 g/mol. The van der Waals surface area contributed by atoms with Crippen molar-refractivity contribution in [2.24, 2.45) is 5.73 Å². The van der Waals surface area contributed by atoms with Crippen LogP contribution in [0.25, 0.3) is 0 Å². The maximum absolute atomic E-state index is 5.84. The fourth-order valence-corrected chi connectivity index (χ4v) is 1.44. The third-order valence-corrected chi connectivity index (χ3v) is 2.19. The summed E-state index contributed by atoms with van der Waals surface area (Å²) in [6, 6.07) is 0.0874. The molecule has 0 aliphatic rings. The topological polar surface area (TPSA) is 57.0 Å². The van der Waals surface area contributed by atoms with E-state index in [2.05, 4.69) is 11.9 Å². The van der Waals surface area contributed by atoms with Crippen LogP contribution in [0.2, 0.25) is 0 Å². The van der Waals surface area contributed by atoms with E-state index in [0.717, 1.165) is 26.1 Å². The Bertz CT molecular complexity index is 147. The second-order valence-corrected chi connectivity index (χ2v) is 3.94. The summed E-state index contributed by atoms with van der Waals surface area (Å²) in [5, 5.41) is 0. The van der Waals surface area contributed by atoms with Gasteiger partial charge in [-0.25, -0.2) is 0 Å². The van der Waals surface area contributed by atoms with Gasteiger partial charge >= 0.3 is 0 Å². The SMILES string of the molecule is COCCOCCCN(C)CC(N)COC. The highest BCUT2D eigenvalue weighted by Crippen LogP contribution is 1.91. The molecule has 0 bridgehead atoms. The third kappa shape index (κ3) is 10.3. The largest absolute Gasteiger partial charge is 0.383 e. The molecule has 0 aliphatic carbocycles. The van der Waals surface area contributed by atoms with E-state index in [-0.39, 0.29) is 6.04 Å². The molecule has 5 nitrogen and oxygen atoms in total. The molecular formula is C11H26N2O3. The lowest BCUT2D eigenvalue weighted by atomic mass is 10.3. The second-order valence-electron chi connectivity index (χ2n) is 3.94. The maximum Gasteiger partial charge on any atom is 0.0700 e. The summed E-state index contributed by atoms with van der Waals surface area (Å²) in [7, 11) is 5.41. The van der Waals surface area contributed by atoms with Crippen molar-refractivity contribution < 1.29 is 14.2 Å². The maximum atomic E-state index is 5.84. The number of rotatable bonds is 11. The van der Waals surface area contributed by atoms with E-state index in [1.807, 2.05) is 0 Å². The Hall–Kier alpha value is -0.200. The zero-order valence-corrected chi connectivity index (χ0v) is 10.8. The molecule has 1 atom stereocenters. The predicted molar refractivity (Wildman–Crippen MR) is 64.7 cm³/mol. The summed E-state index contributed by atoms with van der Waals surface area (Å²) in [6.45, 7) is 4.55. The number of likely N-dealkylation sites (N-methyl/N-ethyl adjacent to an activating group) is 1. The minimum atomic E-state index is 0.0874. The number of nitrogens with zero attached hydrogens (tertiary/aromatic N) is 1. The Labute approximate surface area is 98.8 Å². The number of methoxy groups -OCH3 is 2. The molecule has 16 heavy (non-hydrogen) atoms. The molecular weight excluding hydrogens is 208 g/mol. The molecule has 0 saturated heterocycles. The van der Waals surface area contributed by atoms with Crippen molar-refractivity contribution >= 4 is 0 Å². The van der Waals surface area contributed by atoms with E-state index >= 15 is 0 Å². The van der Waals surface area contributed by atoms with Crippen LogP contribution in [0, 0.1) is 0 Å². The Morgan fingerprint density at radius 1 is 1.12 bits per heavy atom. The van der Waals surface area contributed by atoms with Gasteiger partial charge in [-0.05, 0) is 13.5 Å². The molecule has 0 rings (SSSR count). The van der Waals surface area contributed by atoms with Gasteiger partial charge in [-0.15, -0.1) is 0 Å². The van der Waals surface area contributed by atoms with Crippen molar-refractivity contribution in [1.82, 2.24) is 4.90 Å². The highest BCUT2D eigenvalue weighted by molar-refractivity contribution is 4.64. The molecule has 0 radical (unpaired) electrons. The average Bonchev–Trinajstić information content (AvgIpc) is 2.23. The van der Waals surface area contributed by atoms with Crippen molar-refractivity contribution in [2.45, 2.75) is 12.5 Å². The van der Waals surface area contributed by atoms with Gasteiger partial charge in [0.05, 0.1) is 19.8 Å². The first-order chi connectivity index (χ1) is 7.70. The lowest BCUT2D eigenvalue weighted by Gasteiger charge is -2.20. The first kappa shape index (κ1) is 15.8. The zero-order chi connectivity index (χ0) is 12.2. The highest BCUT2D eigenvalue weighted by Gasteiger charge is 2.05. The summed E-state index contributed by atoms with van der Waals surface area (Å²) in [5.41, 5.74) is 5.84. The lowest BCUT2D eigenvalue weighted by Crippen LogP contribution is -2.38. The summed E-state index contributed by atoms with van der Waals surface area (Å²) < 4.78 is 15.2. The van der Waals surface area contributed by atoms with Crippen molar-refractivity contribution in [3.05, 3.63) is 0 Å². The fourth-order valence-electron chi connectivity index (χ4n) is 1.44. The van der Waals surface area contributed by atoms with Crippen LogP contribution in [0.1, 0.15) is 6.42 Å². The zero-order valence-electron chi connectivity index (χ0n) is 10.8. The summed E-state index contributed by atoms with van der Waals surface area (Å²) in [6.07, 6.45) is 1.01. The van der Waals surface area contributed by atoms with Gasteiger partial charge in [0.15, 0.2) is 0 Å². The number of ether oxygens (including phenoxy) is 3. The minimum Gasteiger partial charge on any atom is -0.383 e. The Balaban J connectivity index is 3.26. The number of nitrogens with two attached hydrogens (primary N) is 1. The smallest absolute Gasteiger partial charge is 0.0700 e. The standard InChI is InChI=1S/C11H26N2O3/c1-13(9-11(12)10-15-3)5-4-6-16-8-7-14-2/h11H,4-10,12H2,1-3H3. The molecule has 0 spiro atoms. The van der Waals surface area contributed by atoms with Gasteiger partial charge in [0.25, 0.3) is 0 Å². The van der Waals surface area contributed by atoms with Gasteiger partial charge in [-0.2, -0.15) is 0 Å². The third-order valence-electron chi connectivity index (χ3n) is 2.19. The number of hydrogen-bond acceptors (Lipinski definition) is 5. The Morgan fingerprint density at radius 3 is 2.50 bits per heavy atom. The van der Waals surface area contributed by atoms with Crippen molar-refractivity contribution in [1.29, 1.82) is 0 Å². The molecule has 0 aromatic carbocycles. The van der Waals surface area contributed by atoms with Gasteiger partial charge in [0.1, 0.15) is 0 Å². The van der Waals surface area contributed by atoms with E-state index in [0.29, 0.717) is 19.8 Å². The first-order valence-corrected chi connectivity index (χ1v) is 5.70. The minimum absolute atomic E-state index is 0.0874. The van der Waals surface area contributed by atoms with E-state index < -0.39 is 0 Å². The molecule has 0 fully saturated rings.